The van der Waals surface area contributed by atoms with Crippen molar-refractivity contribution >= 4 is 33.0 Å². The molecule has 0 N–H and O–H groups in total. The molecule has 0 aliphatic rings. The van der Waals surface area contributed by atoms with Crippen LogP contribution in [0.2, 0.25) is 0 Å². The molecule has 6 heteroatoms. The second-order valence-electron chi connectivity index (χ2n) is 13.3. The van der Waals surface area contributed by atoms with Crippen LogP contribution in [0, 0.1) is 46.8 Å². The zero-order valence-electron chi connectivity index (χ0n) is 30.2. The van der Waals surface area contributed by atoms with Gasteiger partial charge in [0.1, 0.15) is 0 Å². The zero-order valence-corrected chi connectivity index (χ0v) is 32.5. The van der Waals surface area contributed by atoms with E-state index in [0.29, 0.717) is 5.71 Å². The molecule has 53 heavy (non-hydrogen) atoms. The van der Waals surface area contributed by atoms with E-state index in [1.165, 1.54) is 27.8 Å². The number of aryl methyl sites for hydroxylation is 5. The molecule has 9 rings (SSSR count). The van der Waals surface area contributed by atoms with Crippen LogP contribution in [-0.4, -0.2) is 19.9 Å². The van der Waals surface area contributed by atoms with E-state index in [2.05, 4.69) is 134 Å². The van der Waals surface area contributed by atoms with Gasteiger partial charge in [0.25, 0.3) is 0 Å². The normalized spacial score (nSPS) is 11.0. The fourth-order valence-corrected chi connectivity index (χ4v) is 6.53. The van der Waals surface area contributed by atoms with Crippen LogP contribution >= 0.6 is 0 Å². The Labute approximate surface area is 323 Å². The fraction of sp³-hybridized carbons (Fsp3) is 0.106. The largest absolute Gasteiger partial charge is 0.486 e. The van der Waals surface area contributed by atoms with Crippen molar-refractivity contribution in [3.8, 4) is 44.8 Å². The van der Waals surface area contributed by atoms with Gasteiger partial charge in [0, 0.05) is 55.2 Å². The monoisotopic (exact) mass is 865 g/mol. The summed E-state index contributed by atoms with van der Waals surface area (Å²) in [5, 5.41) is 3.15. The Hall–Kier alpha value is -5.81. The van der Waals surface area contributed by atoms with Crippen molar-refractivity contribution in [2.75, 3.05) is 0 Å². The van der Waals surface area contributed by atoms with Crippen molar-refractivity contribution in [1.29, 1.82) is 0 Å². The van der Waals surface area contributed by atoms with Gasteiger partial charge >= 0.3 is 0 Å². The molecule has 5 heterocycles. The molecule has 0 unspecified atom stereocenters. The van der Waals surface area contributed by atoms with Crippen molar-refractivity contribution in [3.63, 3.8) is 0 Å². The van der Waals surface area contributed by atoms with Gasteiger partial charge in [0.05, 0.1) is 11.1 Å². The van der Waals surface area contributed by atoms with E-state index in [4.69, 9.17) is 9.40 Å². The number of benzene rings is 4. The first-order valence-electron chi connectivity index (χ1n) is 17.4. The Morgan fingerprint density at radius 2 is 1.38 bits per heavy atom. The number of aromatic nitrogens is 4. The van der Waals surface area contributed by atoms with E-state index in [0.717, 1.165) is 72.2 Å². The maximum atomic E-state index is 6.16. The van der Waals surface area contributed by atoms with Crippen LogP contribution < -0.4 is 0 Å². The summed E-state index contributed by atoms with van der Waals surface area (Å²) < 4.78 is 6.16. The van der Waals surface area contributed by atoms with E-state index in [9.17, 15) is 0 Å². The molecule has 5 nitrogen and oxygen atoms in total. The summed E-state index contributed by atoms with van der Waals surface area (Å²) >= 11 is 0. The van der Waals surface area contributed by atoms with Crippen molar-refractivity contribution in [2.24, 2.45) is 0 Å². The first-order valence-corrected chi connectivity index (χ1v) is 17.4. The average molecular weight is 865 g/mol. The molecule has 1 radical (unpaired) electrons. The molecule has 4 aromatic carbocycles. The van der Waals surface area contributed by atoms with Crippen LogP contribution in [0.4, 0.5) is 0 Å². The Morgan fingerprint density at radius 3 is 2.21 bits per heavy atom. The van der Waals surface area contributed by atoms with Gasteiger partial charge in [-0.25, -0.2) is 4.98 Å². The SMILES string of the molecule is Cc1ccc2c(n1)oc1c(-c3cc(-c4ccc5ncccc5c4)c(C)cn3)[c-]ccc12.Cc1cnc(-c2[c-]cc(C)c(-c3ccccc3)c2)cc1C.[Ir]. The molecule has 0 atom stereocenters. The molecule has 0 aliphatic heterocycles. The smallest absolute Gasteiger partial charge is 0.216 e. The van der Waals surface area contributed by atoms with Crippen molar-refractivity contribution < 1.29 is 24.5 Å². The number of pyridine rings is 4. The van der Waals surface area contributed by atoms with E-state index >= 15 is 0 Å². The number of hydrogen-bond acceptors (Lipinski definition) is 5. The number of fused-ring (bicyclic) bond motifs is 4. The molecular weight excluding hydrogens is 829 g/mol. The van der Waals surface area contributed by atoms with Gasteiger partial charge in [-0.2, -0.15) is 0 Å². The number of rotatable bonds is 4. The summed E-state index contributed by atoms with van der Waals surface area (Å²) in [5.74, 6) is 0. The summed E-state index contributed by atoms with van der Waals surface area (Å²) in [5.41, 5.74) is 16.6. The van der Waals surface area contributed by atoms with Gasteiger partial charge in [-0.15, -0.1) is 47.5 Å². The molecule has 0 amide bonds. The molecule has 0 spiro atoms. The molecule has 0 fully saturated rings. The third kappa shape index (κ3) is 7.17. The minimum absolute atomic E-state index is 0. The predicted octanol–water partition coefficient (Wildman–Crippen LogP) is 11.8. The van der Waals surface area contributed by atoms with Crippen LogP contribution in [0.5, 0.6) is 0 Å². The molecule has 9 aromatic rings. The topological polar surface area (TPSA) is 64.7 Å². The van der Waals surface area contributed by atoms with Crippen molar-refractivity contribution in [2.45, 2.75) is 34.6 Å². The Bertz CT molecular complexity index is 2750. The van der Waals surface area contributed by atoms with Crippen LogP contribution in [0.15, 0.2) is 132 Å². The van der Waals surface area contributed by atoms with Crippen LogP contribution in [-0.2, 0) is 20.1 Å². The third-order valence-electron chi connectivity index (χ3n) is 9.60. The van der Waals surface area contributed by atoms with Gasteiger partial charge in [-0.1, -0.05) is 83.6 Å². The summed E-state index contributed by atoms with van der Waals surface area (Å²) in [7, 11) is 0. The summed E-state index contributed by atoms with van der Waals surface area (Å²) in [6, 6.07) is 44.0. The molecule has 0 bridgehead atoms. The van der Waals surface area contributed by atoms with Gasteiger partial charge in [0.2, 0.25) is 5.71 Å². The Kier molecular flexibility index (Phi) is 10.1. The molecule has 5 aromatic heterocycles. The molecule has 0 saturated heterocycles. The minimum Gasteiger partial charge on any atom is -0.486 e. The Morgan fingerprint density at radius 1 is 0.585 bits per heavy atom. The maximum absolute atomic E-state index is 6.16. The fourth-order valence-electron chi connectivity index (χ4n) is 6.53. The van der Waals surface area contributed by atoms with Gasteiger partial charge < -0.3 is 14.4 Å². The maximum Gasteiger partial charge on any atom is 0.216 e. The predicted molar refractivity (Wildman–Crippen MR) is 212 cm³/mol. The van der Waals surface area contributed by atoms with E-state index in [-0.39, 0.29) is 20.1 Å². The number of furan rings is 1. The van der Waals surface area contributed by atoms with E-state index < -0.39 is 0 Å². The molecule has 261 valence electrons. The average Bonchev–Trinajstić information content (AvgIpc) is 3.54. The van der Waals surface area contributed by atoms with Crippen molar-refractivity contribution in [3.05, 3.63) is 168 Å². The number of nitrogens with zero attached hydrogens (tertiary/aromatic N) is 4. The van der Waals surface area contributed by atoms with E-state index in [1.54, 1.807) is 0 Å². The first kappa shape index (κ1) is 35.6. The zero-order chi connectivity index (χ0) is 35.8. The van der Waals surface area contributed by atoms with Crippen LogP contribution in [0.3, 0.4) is 0 Å². The minimum atomic E-state index is 0. The standard InChI is InChI=1S/C27H18N3O.C20H18N.Ir/c1-16-15-29-25(14-23(16)18-9-11-24-19(13-18)5-4-12-28-24)22-7-3-6-20-21-10-8-17(2)30-27(21)31-26(20)22;1-14-9-10-18(20-11-15(2)16(3)13-21-20)12-19(14)17-7-5-4-6-8-17;/h3-6,8-15H,1-2H3;4-9,11-13H,1-3H3;/q2*-1;. The molecule has 0 saturated carbocycles. The quantitative estimate of drug-likeness (QED) is 0.165. The van der Waals surface area contributed by atoms with Gasteiger partial charge in [0.15, 0.2) is 0 Å². The Balaban J connectivity index is 0.000000174. The summed E-state index contributed by atoms with van der Waals surface area (Å²) in [6.07, 6.45) is 5.66. The first-order chi connectivity index (χ1) is 25.3. The second-order valence-corrected chi connectivity index (χ2v) is 13.3. The second kappa shape index (κ2) is 15.0. The van der Waals surface area contributed by atoms with Gasteiger partial charge in [-0.05, 0) is 97.2 Å². The van der Waals surface area contributed by atoms with Crippen LogP contribution in [0.1, 0.15) is 27.9 Å². The van der Waals surface area contributed by atoms with Crippen molar-refractivity contribution in [1.82, 2.24) is 19.9 Å². The summed E-state index contributed by atoms with van der Waals surface area (Å²) in [6.45, 7) is 10.4. The number of hydrogen-bond donors (Lipinski definition) is 0. The molecular formula is C47H36IrN4O-2. The van der Waals surface area contributed by atoms with Crippen LogP contribution in [0.25, 0.3) is 77.7 Å². The van der Waals surface area contributed by atoms with E-state index in [1.807, 2.05) is 55.8 Å². The third-order valence-corrected chi connectivity index (χ3v) is 9.60. The van der Waals surface area contributed by atoms with Gasteiger partial charge in [-0.3, -0.25) is 4.98 Å². The summed E-state index contributed by atoms with van der Waals surface area (Å²) in [4.78, 5) is 18.2. The molecule has 0 aliphatic carbocycles.